The second-order valence-electron chi connectivity index (χ2n) is 7.08. The minimum Gasteiger partial charge on any atom is -0.546 e. The van der Waals surface area contributed by atoms with Crippen LogP contribution in [-0.4, -0.2) is 51.9 Å². The van der Waals surface area contributed by atoms with Crippen LogP contribution in [0.1, 0.15) is 23.0 Å². The number of rotatable bonds is 10. The van der Waals surface area contributed by atoms with E-state index in [0.717, 1.165) is 0 Å². The number of hydrogen-bond acceptors (Lipinski definition) is 11. The number of nitrogens with one attached hydrogen (secondary N) is 2. The quantitative estimate of drug-likeness (QED) is 0.149. The number of carbonyl (C=O) groups is 2. The summed E-state index contributed by atoms with van der Waals surface area (Å²) in [5.74, 6) is -1.14. The number of benzene rings is 2. The van der Waals surface area contributed by atoms with Crippen molar-refractivity contribution in [3.63, 3.8) is 0 Å². The van der Waals surface area contributed by atoms with E-state index in [4.69, 9.17) is 15.2 Å². The number of nitrogen functional groups attached to an aromatic ring is 1. The molecule has 14 nitrogen and oxygen atoms in total. The van der Waals surface area contributed by atoms with E-state index in [1.54, 1.807) is 48.5 Å². The summed E-state index contributed by atoms with van der Waals surface area (Å²) in [6.07, 6.45) is 1.30. The molecule has 4 rings (SSSR count). The Labute approximate surface area is 203 Å². The van der Waals surface area contributed by atoms with Crippen LogP contribution in [0.4, 0.5) is 5.82 Å². The molecule has 0 saturated carbocycles. The summed E-state index contributed by atoms with van der Waals surface area (Å²) in [7, 11) is 0. The first-order valence-electron chi connectivity index (χ1n) is 10.5. The fourth-order valence-electron chi connectivity index (χ4n) is 3.20. The molecule has 0 aliphatic rings. The summed E-state index contributed by atoms with van der Waals surface area (Å²) in [6.45, 7) is 1.67. The summed E-state index contributed by atoms with van der Waals surface area (Å²) in [4.78, 5) is 23.7. The molecule has 0 atom stereocenters. The summed E-state index contributed by atoms with van der Waals surface area (Å²) >= 11 is 0. The number of nitrogens with two attached hydrogens (primary N) is 1. The van der Waals surface area contributed by atoms with Crippen LogP contribution in [0.2, 0.25) is 0 Å². The Bertz CT molecular complexity index is 1410. The number of aromatic nitrogens is 5. The number of H-pyrrole nitrogens is 1. The fourth-order valence-corrected chi connectivity index (χ4v) is 3.20. The molecule has 2 aromatic heterocycles. The van der Waals surface area contributed by atoms with Gasteiger partial charge in [0.05, 0.1) is 18.8 Å². The highest BCUT2D eigenvalue weighted by Crippen LogP contribution is 2.25. The largest absolute Gasteiger partial charge is 0.546 e. The number of carboxylic acid groups (broad SMARTS) is 1. The van der Waals surface area contributed by atoms with Gasteiger partial charge >= 0.3 is 11.7 Å². The van der Waals surface area contributed by atoms with Crippen molar-refractivity contribution in [2.24, 2.45) is 5.10 Å². The Morgan fingerprint density at radius 3 is 2.81 bits per heavy atom. The maximum absolute atomic E-state index is 13.0. The van der Waals surface area contributed by atoms with Crippen molar-refractivity contribution < 1.29 is 33.5 Å². The van der Waals surface area contributed by atoms with Gasteiger partial charge in [-0.1, -0.05) is 24.3 Å². The zero-order chi connectivity index (χ0) is 25.5. The van der Waals surface area contributed by atoms with Crippen LogP contribution < -0.4 is 30.4 Å². The Hall–Kier alpha value is -5.27. The lowest BCUT2D eigenvalue weighted by molar-refractivity contribution is -0.652. The number of anilines is 1. The lowest BCUT2D eigenvalue weighted by atomic mass is 10.1. The molecule has 0 radical (unpaired) electrons. The highest BCUT2D eigenvalue weighted by molar-refractivity contribution is 5.98. The lowest BCUT2D eigenvalue weighted by Gasteiger charge is -2.08. The SMILES string of the molecule is CCOc1cccc(-c2c(C(=O)NN=Cc3ccccc3OCC(=O)[O-])n[nH][n+]2-c2nonc2N)c1. The minimum atomic E-state index is -1.37. The third kappa shape index (κ3) is 5.27. The molecule has 0 aliphatic heterocycles. The lowest BCUT2D eigenvalue weighted by Crippen LogP contribution is -2.37. The van der Waals surface area contributed by atoms with Crippen molar-refractivity contribution in [3.05, 3.63) is 59.8 Å². The van der Waals surface area contributed by atoms with Crippen LogP contribution in [0.25, 0.3) is 17.1 Å². The molecule has 184 valence electrons. The predicted octanol–water partition coefficient (Wildman–Crippen LogP) is -0.390. The predicted molar refractivity (Wildman–Crippen MR) is 121 cm³/mol. The number of hydrazone groups is 1. The van der Waals surface area contributed by atoms with Gasteiger partial charge < -0.3 is 25.1 Å². The number of amides is 1. The molecule has 0 spiro atoms. The number of aliphatic carboxylic acids is 1. The van der Waals surface area contributed by atoms with Crippen LogP contribution in [0.5, 0.6) is 11.5 Å². The van der Waals surface area contributed by atoms with Crippen molar-refractivity contribution in [3.8, 4) is 28.6 Å². The van der Waals surface area contributed by atoms with E-state index in [0.29, 0.717) is 29.2 Å². The zero-order valence-electron chi connectivity index (χ0n) is 18.9. The summed E-state index contributed by atoms with van der Waals surface area (Å²) < 4.78 is 16.8. The van der Waals surface area contributed by atoms with Gasteiger partial charge in [-0.15, -0.1) is 9.90 Å². The third-order valence-corrected chi connectivity index (χ3v) is 4.68. The van der Waals surface area contributed by atoms with Crippen LogP contribution in [-0.2, 0) is 4.79 Å². The van der Waals surface area contributed by atoms with E-state index >= 15 is 0 Å². The Morgan fingerprint density at radius 2 is 2.06 bits per heavy atom. The number of carboxylic acids is 1. The molecule has 0 fully saturated rings. The normalized spacial score (nSPS) is 10.9. The maximum Gasteiger partial charge on any atom is 0.377 e. The number of aromatic amines is 1. The van der Waals surface area contributed by atoms with Crippen LogP contribution in [0.3, 0.4) is 0 Å². The molecular formula is C22H20N8O6. The van der Waals surface area contributed by atoms with Gasteiger partial charge in [-0.05, 0) is 41.4 Å². The van der Waals surface area contributed by atoms with Gasteiger partial charge in [-0.2, -0.15) is 9.73 Å². The summed E-state index contributed by atoms with van der Waals surface area (Å²) in [5, 5.41) is 28.8. The van der Waals surface area contributed by atoms with Gasteiger partial charge in [0.25, 0.3) is 11.5 Å². The highest BCUT2D eigenvalue weighted by atomic mass is 16.6. The van der Waals surface area contributed by atoms with E-state index in [2.05, 4.69) is 35.8 Å². The number of carbonyl (C=O) groups excluding carboxylic acids is 2. The molecule has 14 heteroatoms. The summed E-state index contributed by atoms with van der Waals surface area (Å²) in [5.41, 5.74) is 9.49. The first-order valence-corrected chi connectivity index (χ1v) is 10.5. The molecule has 0 aliphatic carbocycles. The van der Waals surface area contributed by atoms with Crippen molar-refractivity contribution in [1.29, 1.82) is 0 Å². The topological polar surface area (TPSA) is 198 Å². The second-order valence-corrected chi connectivity index (χ2v) is 7.08. The van der Waals surface area contributed by atoms with E-state index in [9.17, 15) is 14.7 Å². The molecular weight excluding hydrogens is 472 g/mol. The maximum atomic E-state index is 13.0. The van der Waals surface area contributed by atoms with Gasteiger partial charge in [-0.25, -0.2) is 5.43 Å². The van der Waals surface area contributed by atoms with Crippen molar-refractivity contribution in [2.75, 3.05) is 18.9 Å². The van der Waals surface area contributed by atoms with Crippen molar-refractivity contribution >= 4 is 23.9 Å². The fraction of sp³-hybridized carbons (Fsp3) is 0.136. The van der Waals surface area contributed by atoms with Gasteiger partial charge in [0.2, 0.25) is 0 Å². The average Bonchev–Trinajstić information content (AvgIpc) is 3.49. The second kappa shape index (κ2) is 10.8. The molecule has 36 heavy (non-hydrogen) atoms. The molecule has 2 heterocycles. The summed E-state index contributed by atoms with van der Waals surface area (Å²) in [6, 6.07) is 13.6. The molecule has 0 saturated heterocycles. The van der Waals surface area contributed by atoms with Crippen LogP contribution >= 0.6 is 0 Å². The molecule has 4 aromatic rings. The number of para-hydroxylation sites is 1. The van der Waals surface area contributed by atoms with Gasteiger partial charge in [0.15, 0.2) is 5.69 Å². The minimum absolute atomic E-state index is 0.0241. The molecule has 2 aromatic carbocycles. The van der Waals surface area contributed by atoms with E-state index in [1.807, 2.05) is 6.92 Å². The molecule has 0 bridgehead atoms. The highest BCUT2D eigenvalue weighted by Gasteiger charge is 2.31. The average molecular weight is 492 g/mol. The van der Waals surface area contributed by atoms with E-state index in [1.165, 1.54) is 10.9 Å². The number of ether oxygens (including phenoxy) is 2. The van der Waals surface area contributed by atoms with E-state index in [-0.39, 0.29) is 23.1 Å². The van der Waals surface area contributed by atoms with Crippen molar-refractivity contribution in [1.82, 2.24) is 26.1 Å². The van der Waals surface area contributed by atoms with Crippen molar-refractivity contribution in [2.45, 2.75) is 6.92 Å². The van der Waals surface area contributed by atoms with Gasteiger partial charge in [0.1, 0.15) is 23.3 Å². The standard InChI is InChI=1S/C22H20N8O6/c1-2-34-15-8-5-7-13(10-15)19-18(25-29-30(19)21-20(23)27-36-28-21)22(33)26-24-11-14-6-3-4-9-16(14)35-12-17(31)32/h3-11H,2,12H2,1H3,(H4,23,26,27,31,32,33). The first kappa shape index (κ1) is 23.9. The number of nitrogens with zero attached hydrogens (tertiary/aromatic N) is 5. The Morgan fingerprint density at radius 1 is 1.22 bits per heavy atom. The molecule has 0 unspecified atom stereocenters. The monoisotopic (exact) mass is 492 g/mol. The molecule has 4 N–H and O–H groups in total. The molecule has 1 amide bonds. The Kier molecular flexibility index (Phi) is 7.14. The smallest absolute Gasteiger partial charge is 0.377 e. The Balaban J connectivity index is 1.64. The van der Waals surface area contributed by atoms with E-state index < -0.39 is 18.5 Å². The van der Waals surface area contributed by atoms with Crippen LogP contribution in [0, 0.1) is 0 Å². The number of hydrogen-bond donors (Lipinski definition) is 3. The van der Waals surface area contributed by atoms with Gasteiger partial charge in [0, 0.05) is 11.1 Å². The zero-order valence-corrected chi connectivity index (χ0v) is 18.9. The van der Waals surface area contributed by atoms with Crippen LogP contribution in [0.15, 0.2) is 58.3 Å². The van der Waals surface area contributed by atoms with Gasteiger partial charge in [-0.3, -0.25) is 4.79 Å². The first-order chi connectivity index (χ1) is 17.5. The third-order valence-electron chi connectivity index (χ3n) is 4.68.